The molecule has 0 saturated heterocycles. The maximum absolute atomic E-state index is 9.07. The van der Waals surface area contributed by atoms with Gasteiger partial charge in [0, 0.05) is 19.0 Å². The zero-order valence-corrected chi connectivity index (χ0v) is 12.7. The normalized spacial score (nSPS) is 27.0. The molecule has 1 fully saturated rings. The molecule has 0 bridgehead atoms. The molecule has 96 valence electrons. The maximum atomic E-state index is 9.07. The predicted octanol–water partition coefficient (Wildman–Crippen LogP) is 3.12. The standard InChI is InChI=1S/C12H26O2SSi/c1-14-16(2,3)9-8-15-12-6-4-11(10-13)5-7-12/h11-13H,4-10H2,1-3H3. The largest absolute Gasteiger partial charge is 0.420 e. The fourth-order valence-electron chi connectivity index (χ4n) is 2.05. The zero-order valence-electron chi connectivity index (χ0n) is 10.9. The first kappa shape index (κ1) is 14.5. The lowest BCUT2D eigenvalue weighted by Gasteiger charge is -2.28. The molecule has 1 aliphatic carbocycles. The third-order valence-corrected chi connectivity index (χ3v) is 7.97. The molecule has 0 amide bonds. The molecule has 2 nitrogen and oxygen atoms in total. The van der Waals surface area contributed by atoms with Gasteiger partial charge in [0.15, 0.2) is 8.32 Å². The third-order valence-electron chi connectivity index (χ3n) is 3.66. The molecule has 0 unspecified atom stereocenters. The highest BCUT2D eigenvalue weighted by atomic mass is 32.2. The molecule has 1 saturated carbocycles. The Kier molecular flexibility index (Phi) is 6.40. The molecule has 0 aromatic rings. The average Bonchev–Trinajstić information content (AvgIpc) is 2.30. The van der Waals surface area contributed by atoms with Gasteiger partial charge >= 0.3 is 0 Å². The van der Waals surface area contributed by atoms with E-state index in [1.165, 1.54) is 37.5 Å². The molecule has 16 heavy (non-hydrogen) atoms. The molecule has 4 heteroatoms. The van der Waals surface area contributed by atoms with Crippen LogP contribution in [0.5, 0.6) is 0 Å². The van der Waals surface area contributed by atoms with Crippen LogP contribution >= 0.6 is 11.8 Å². The van der Waals surface area contributed by atoms with Gasteiger partial charge in [-0.05, 0) is 56.5 Å². The quantitative estimate of drug-likeness (QED) is 0.746. The highest BCUT2D eigenvalue weighted by molar-refractivity contribution is 8.00. The van der Waals surface area contributed by atoms with Crippen molar-refractivity contribution in [1.82, 2.24) is 0 Å². The third kappa shape index (κ3) is 5.21. The topological polar surface area (TPSA) is 29.5 Å². The Morgan fingerprint density at radius 1 is 1.25 bits per heavy atom. The Labute approximate surface area is 105 Å². The van der Waals surface area contributed by atoms with Gasteiger partial charge in [-0.1, -0.05) is 0 Å². The summed E-state index contributed by atoms with van der Waals surface area (Å²) in [5, 5.41) is 9.91. The van der Waals surface area contributed by atoms with Crippen LogP contribution in [0.25, 0.3) is 0 Å². The number of thioether (sulfide) groups is 1. The number of hydrogen-bond donors (Lipinski definition) is 1. The molecular weight excluding hydrogens is 236 g/mol. The van der Waals surface area contributed by atoms with Gasteiger partial charge in [0.05, 0.1) is 0 Å². The molecule has 0 aliphatic heterocycles. The summed E-state index contributed by atoms with van der Waals surface area (Å²) in [6.45, 7) is 4.97. The van der Waals surface area contributed by atoms with Gasteiger partial charge in [0.25, 0.3) is 0 Å². The summed E-state index contributed by atoms with van der Waals surface area (Å²) in [7, 11) is 0.508. The van der Waals surface area contributed by atoms with Crippen molar-refractivity contribution in [3.05, 3.63) is 0 Å². The lowest BCUT2D eigenvalue weighted by atomic mass is 9.90. The molecule has 0 atom stereocenters. The molecule has 0 heterocycles. The lowest BCUT2D eigenvalue weighted by molar-refractivity contribution is 0.192. The Morgan fingerprint density at radius 2 is 1.88 bits per heavy atom. The van der Waals surface area contributed by atoms with Crippen molar-refractivity contribution < 1.29 is 9.53 Å². The molecule has 0 aromatic carbocycles. The first-order valence-electron chi connectivity index (χ1n) is 6.35. The number of aliphatic hydroxyl groups excluding tert-OH is 1. The van der Waals surface area contributed by atoms with Crippen molar-refractivity contribution in [3.63, 3.8) is 0 Å². The van der Waals surface area contributed by atoms with Gasteiger partial charge in [0.2, 0.25) is 0 Å². The van der Waals surface area contributed by atoms with Crippen LogP contribution in [-0.2, 0) is 4.43 Å². The van der Waals surface area contributed by atoms with E-state index in [0.717, 1.165) is 5.25 Å². The highest BCUT2D eigenvalue weighted by Gasteiger charge is 2.23. The first-order valence-corrected chi connectivity index (χ1v) is 10.5. The predicted molar refractivity (Wildman–Crippen MR) is 74.6 cm³/mol. The average molecular weight is 262 g/mol. The van der Waals surface area contributed by atoms with Crippen LogP contribution < -0.4 is 0 Å². The Morgan fingerprint density at radius 3 is 2.38 bits per heavy atom. The highest BCUT2D eigenvalue weighted by Crippen LogP contribution is 2.32. The van der Waals surface area contributed by atoms with Crippen LogP contribution in [0.15, 0.2) is 0 Å². The van der Waals surface area contributed by atoms with Crippen molar-refractivity contribution in [3.8, 4) is 0 Å². The van der Waals surface area contributed by atoms with E-state index in [0.29, 0.717) is 12.5 Å². The first-order chi connectivity index (χ1) is 7.57. The van der Waals surface area contributed by atoms with Crippen LogP contribution in [-0.4, -0.2) is 38.1 Å². The minimum Gasteiger partial charge on any atom is -0.420 e. The molecule has 1 N–H and O–H groups in total. The second-order valence-electron chi connectivity index (χ2n) is 5.41. The monoisotopic (exact) mass is 262 g/mol. The summed E-state index contributed by atoms with van der Waals surface area (Å²) in [5.74, 6) is 1.84. The fourth-order valence-corrected chi connectivity index (χ4v) is 5.64. The van der Waals surface area contributed by atoms with Crippen LogP contribution in [0.3, 0.4) is 0 Å². The summed E-state index contributed by atoms with van der Waals surface area (Å²) in [4.78, 5) is 0. The number of rotatable bonds is 6. The van der Waals surface area contributed by atoms with Crippen LogP contribution in [0, 0.1) is 5.92 Å². The summed E-state index contributed by atoms with van der Waals surface area (Å²) in [6.07, 6.45) is 5.04. The van der Waals surface area contributed by atoms with E-state index in [1.807, 2.05) is 7.11 Å². The van der Waals surface area contributed by atoms with Gasteiger partial charge in [-0.3, -0.25) is 0 Å². The molecule has 0 aromatic heterocycles. The van der Waals surface area contributed by atoms with Gasteiger partial charge in [-0.25, -0.2) is 0 Å². The van der Waals surface area contributed by atoms with E-state index in [-0.39, 0.29) is 0 Å². The van der Waals surface area contributed by atoms with E-state index >= 15 is 0 Å². The van der Waals surface area contributed by atoms with Gasteiger partial charge in [-0.2, -0.15) is 11.8 Å². The van der Waals surface area contributed by atoms with Gasteiger partial charge < -0.3 is 9.53 Å². The van der Waals surface area contributed by atoms with Gasteiger partial charge in [0.1, 0.15) is 0 Å². The molecular formula is C12H26O2SSi. The van der Waals surface area contributed by atoms with Crippen molar-refractivity contribution in [2.24, 2.45) is 5.92 Å². The summed E-state index contributed by atoms with van der Waals surface area (Å²) >= 11 is 2.13. The maximum Gasteiger partial charge on any atom is 0.187 e. The van der Waals surface area contributed by atoms with Gasteiger partial charge in [-0.15, -0.1) is 0 Å². The van der Waals surface area contributed by atoms with E-state index in [4.69, 9.17) is 9.53 Å². The number of hydrogen-bond acceptors (Lipinski definition) is 3. The van der Waals surface area contributed by atoms with Crippen molar-refractivity contribution in [1.29, 1.82) is 0 Å². The Hall–Kier alpha value is 0.487. The molecule has 0 spiro atoms. The Balaban J connectivity index is 2.11. The molecule has 1 rings (SSSR count). The van der Waals surface area contributed by atoms with Crippen molar-refractivity contribution >= 4 is 20.1 Å². The Bertz CT molecular complexity index is 191. The van der Waals surface area contributed by atoms with Crippen molar-refractivity contribution in [2.45, 2.75) is 50.1 Å². The SMILES string of the molecule is CO[Si](C)(C)CCSC1CCC(CO)CC1. The minimum atomic E-state index is -1.34. The summed E-state index contributed by atoms with van der Waals surface area (Å²) in [5.41, 5.74) is 0. The van der Waals surface area contributed by atoms with Crippen LogP contribution in [0.2, 0.25) is 19.1 Å². The smallest absolute Gasteiger partial charge is 0.187 e. The van der Waals surface area contributed by atoms with E-state index in [2.05, 4.69) is 24.9 Å². The molecule has 0 radical (unpaired) electrons. The number of aliphatic hydroxyl groups is 1. The second kappa shape index (κ2) is 7.04. The lowest BCUT2D eigenvalue weighted by Crippen LogP contribution is -2.29. The molecule has 1 aliphatic rings. The fraction of sp³-hybridized carbons (Fsp3) is 1.00. The second-order valence-corrected chi connectivity index (χ2v) is 11.2. The zero-order chi connectivity index (χ0) is 12.0. The summed E-state index contributed by atoms with van der Waals surface area (Å²) < 4.78 is 5.55. The minimum absolute atomic E-state index is 0.390. The van der Waals surface area contributed by atoms with E-state index < -0.39 is 8.32 Å². The van der Waals surface area contributed by atoms with Crippen LogP contribution in [0.1, 0.15) is 25.7 Å². The van der Waals surface area contributed by atoms with E-state index in [1.54, 1.807) is 0 Å². The van der Waals surface area contributed by atoms with E-state index in [9.17, 15) is 0 Å². The summed E-state index contributed by atoms with van der Waals surface area (Å²) in [6, 6.07) is 1.26. The van der Waals surface area contributed by atoms with Crippen LogP contribution in [0.4, 0.5) is 0 Å². The van der Waals surface area contributed by atoms with Crippen molar-refractivity contribution in [2.75, 3.05) is 19.5 Å².